The van der Waals surface area contributed by atoms with Gasteiger partial charge in [-0.25, -0.2) is 0 Å². The number of carbonyl (C=O) groups is 1. The number of aryl methyl sites for hydroxylation is 1. The summed E-state index contributed by atoms with van der Waals surface area (Å²) in [4.78, 5) is 16.8. The maximum Gasteiger partial charge on any atom is 0.253 e. The molecular formula is C16H23N3O. The van der Waals surface area contributed by atoms with Crippen LogP contribution in [0.25, 0.3) is 0 Å². The number of nitrogens with zero attached hydrogens (tertiary/aromatic N) is 2. The van der Waals surface area contributed by atoms with Gasteiger partial charge in [-0.1, -0.05) is 19.1 Å². The highest BCUT2D eigenvalue weighted by atomic mass is 16.2. The fraction of sp³-hybridized carbons (Fsp3) is 0.562. The second kappa shape index (κ2) is 5.94. The van der Waals surface area contributed by atoms with Gasteiger partial charge in [0.25, 0.3) is 5.91 Å². The minimum Gasteiger partial charge on any atom is -0.335 e. The van der Waals surface area contributed by atoms with Crippen molar-refractivity contribution in [2.75, 3.05) is 39.3 Å². The predicted octanol–water partition coefficient (Wildman–Crippen LogP) is 0.979. The molecule has 0 atom stereocenters. The second-order valence-corrected chi connectivity index (χ2v) is 5.70. The second-order valence-electron chi connectivity index (χ2n) is 5.70. The molecule has 2 saturated heterocycles. The van der Waals surface area contributed by atoms with Crippen molar-refractivity contribution >= 4 is 5.91 Å². The van der Waals surface area contributed by atoms with Gasteiger partial charge in [-0.3, -0.25) is 9.69 Å². The van der Waals surface area contributed by atoms with Crippen LogP contribution in [0, 0.1) is 0 Å². The van der Waals surface area contributed by atoms with Crippen LogP contribution in [0.5, 0.6) is 0 Å². The molecule has 20 heavy (non-hydrogen) atoms. The number of rotatable bonds is 3. The van der Waals surface area contributed by atoms with E-state index >= 15 is 0 Å². The number of hydrogen-bond acceptors (Lipinski definition) is 3. The zero-order valence-corrected chi connectivity index (χ0v) is 12.1. The average molecular weight is 273 g/mol. The highest BCUT2D eigenvalue weighted by Gasteiger charge is 2.35. The van der Waals surface area contributed by atoms with Gasteiger partial charge in [0.2, 0.25) is 0 Å². The predicted molar refractivity (Wildman–Crippen MR) is 80.0 cm³/mol. The molecule has 108 valence electrons. The summed E-state index contributed by atoms with van der Waals surface area (Å²) >= 11 is 0. The molecule has 1 aromatic carbocycles. The number of hydrogen-bond donors (Lipinski definition) is 1. The topological polar surface area (TPSA) is 35.6 Å². The fourth-order valence-corrected chi connectivity index (χ4v) is 2.96. The number of nitrogens with one attached hydrogen (secondary N) is 1. The Kier molecular flexibility index (Phi) is 4.03. The summed E-state index contributed by atoms with van der Waals surface area (Å²) in [5.74, 6) is 0.180. The molecular weight excluding hydrogens is 250 g/mol. The third kappa shape index (κ3) is 2.72. The third-order valence-corrected chi connectivity index (χ3v) is 4.43. The Bertz CT molecular complexity index is 459. The van der Waals surface area contributed by atoms with E-state index in [1.165, 1.54) is 5.56 Å². The molecule has 4 heteroatoms. The molecule has 4 nitrogen and oxygen atoms in total. The Hall–Kier alpha value is -1.39. The third-order valence-electron chi connectivity index (χ3n) is 4.43. The first-order valence-electron chi connectivity index (χ1n) is 7.61. The molecule has 0 aromatic heterocycles. The molecule has 0 aliphatic carbocycles. The summed E-state index contributed by atoms with van der Waals surface area (Å²) in [6.07, 6.45) is 1.02. The molecule has 0 bridgehead atoms. The van der Waals surface area contributed by atoms with Gasteiger partial charge < -0.3 is 10.2 Å². The summed E-state index contributed by atoms with van der Waals surface area (Å²) in [6.45, 7) is 8.26. The molecule has 2 aliphatic heterocycles. The Morgan fingerprint density at radius 2 is 1.85 bits per heavy atom. The standard InChI is InChI=1S/C16H23N3O/c1-2-13-3-5-14(6-4-13)16(20)19-11-15(12-19)18-9-7-17-8-10-18/h3-6,15,17H,2,7-12H2,1H3. The maximum absolute atomic E-state index is 12.3. The molecule has 0 saturated carbocycles. The molecule has 1 aromatic rings. The summed E-state index contributed by atoms with van der Waals surface area (Å²) < 4.78 is 0. The Morgan fingerprint density at radius 1 is 1.20 bits per heavy atom. The summed E-state index contributed by atoms with van der Waals surface area (Å²) in [6, 6.07) is 8.59. The van der Waals surface area contributed by atoms with Crippen molar-refractivity contribution in [3.63, 3.8) is 0 Å². The molecule has 2 aliphatic rings. The van der Waals surface area contributed by atoms with E-state index in [1.807, 2.05) is 17.0 Å². The lowest BCUT2D eigenvalue weighted by Crippen LogP contribution is -2.63. The first-order valence-corrected chi connectivity index (χ1v) is 7.61. The fourth-order valence-electron chi connectivity index (χ4n) is 2.96. The van der Waals surface area contributed by atoms with Crippen molar-refractivity contribution in [2.24, 2.45) is 0 Å². The van der Waals surface area contributed by atoms with Crippen molar-refractivity contribution in [3.05, 3.63) is 35.4 Å². The van der Waals surface area contributed by atoms with Crippen LogP contribution in [0.3, 0.4) is 0 Å². The van der Waals surface area contributed by atoms with Crippen molar-refractivity contribution < 1.29 is 4.79 Å². The summed E-state index contributed by atoms with van der Waals surface area (Å²) in [7, 11) is 0. The largest absolute Gasteiger partial charge is 0.335 e. The smallest absolute Gasteiger partial charge is 0.253 e. The van der Waals surface area contributed by atoms with E-state index in [4.69, 9.17) is 0 Å². The lowest BCUT2D eigenvalue weighted by atomic mass is 10.0. The molecule has 3 rings (SSSR count). The van der Waals surface area contributed by atoms with Gasteiger partial charge in [-0.05, 0) is 24.1 Å². The lowest BCUT2D eigenvalue weighted by Gasteiger charge is -2.46. The van der Waals surface area contributed by atoms with Crippen LogP contribution in [-0.2, 0) is 6.42 Å². The summed E-state index contributed by atoms with van der Waals surface area (Å²) in [5, 5.41) is 3.37. The van der Waals surface area contributed by atoms with Crippen molar-refractivity contribution in [1.29, 1.82) is 0 Å². The lowest BCUT2D eigenvalue weighted by molar-refractivity contribution is 0.0227. The number of carbonyl (C=O) groups excluding carboxylic acids is 1. The molecule has 1 N–H and O–H groups in total. The van der Waals surface area contributed by atoms with E-state index in [-0.39, 0.29) is 5.91 Å². The molecule has 0 radical (unpaired) electrons. The van der Waals surface area contributed by atoms with Gasteiger partial charge in [0, 0.05) is 50.9 Å². The Morgan fingerprint density at radius 3 is 2.45 bits per heavy atom. The van der Waals surface area contributed by atoms with E-state index in [9.17, 15) is 4.79 Å². The molecule has 0 unspecified atom stereocenters. The van der Waals surface area contributed by atoms with Crippen LogP contribution in [0.2, 0.25) is 0 Å². The first kappa shape index (κ1) is 13.6. The highest BCUT2D eigenvalue weighted by molar-refractivity contribution is 5.94. The molecule has 1 amide bonds. The molecule has 2 fully saturated rings. The Balaban J connectivity index is 1.54. The maximum atomic E-state index is 12.3. The molecule has 2 heterocycles. The van der Waals surface area contributed by atoms with E-state index in [1.54, 1.807) is 0 Å². The van der Waals surface area contributed by atoms with Gasteiger partial charge in [0.1, 0.15) is 0 Å². The van der Waals surface area contributed by atoms with Crippen LogP contribution in [-0.4, -0.2) is 61.0 Å². The quantitative estimate of drug-likeness (QED) is 0.892. The van der Waals surface area contributed by atoms with E-state index in [0.29, 0.717) is 6.04 Å². The van der Waals surface area contributed by atoms with Crippen molar-refractivity contribution in [3.8, 4) is 0 Å². The van der Waals surface area contributed by atoms with Crippen LogP contribution in [0.1, 0.15) is 22.8 Å². The minimum atomic E-state index is 0.180. The van der Waals surface area contributed by atoms with Gasteiger partial charge in [0.15, 0.2) is 0 Å². The van der Waals surface area contributed by atoms with Gasteiger partial charge in [-0.15, -0.1) is 0 Å². The highest BCUT2D eigenvalue weighted by Crippen LogP contribution is 2.19. The van der Waals surface area contributed by atoms with Crippen LogP contribution in [0.15, 0.2) is 24.3 Å². The first-order chi connectivity index (χ1) is 9.78. The van der Waals surface area contributed by atoms with Crippen molar-refractivity contribution in [2.45, 2.75) is 19.4 Å². The number of piperazine rings is 1. The van der Waals surface area contributed by atoms with Gasteiger partial charge in [-0.2, -0.15) is 0 Å². The van der Waals surface area contributed by atoms with Crippen LogP contribution >= 0.6 is 0 Å². The van der Waals surface area contributed by atoms with E-state index in [2.05, 4.69) is 29.3 Å². The molecule has 0 spiro atoms. The monoisotopic (exact) mass is 273 g/mol. The SMILES string of the molecule is CCc1ccc(C(=O)N2CC(N3CCNCC3)C2)cc1. The van der Waals surface area contributed by atoms with Crippen LogP contribution < -0.4 is 5.32 Å². The van der Waals surface area contributed by atoms with Crippen molar-refractivity contribution in [1.82, 2.24) is 15.1 Å². The Labute approximate surface area is 120 Å². The van der Waals surface area contributed by atoms with E-state index in [0.717, 1.165) is 51.3 Å². The summed E-state index contributed by atoms with van der Waals surface area (Å²) in [5.41, 5.74) is 2.10. The van der Waals surface area contributed by atoms with E-state index < -0.39 is 0 Å². The minimum absolute atomic E-state index is 0.180. The van der Waals surface area contributed by atoms with Gasteiger partial charge in [0.05, 0.1) is 0 Å². The van der Waals surface area contributed by atoms with Crippen LogP contribution in [0.4, 0.5) is 0 Å². The normalized spacial score (nSPS) is 20.8. The average Bonchev–Trinajstić information content (AvgIpc) is 2.47. The number of amides is 1. The zero-order valence-electron chi connectivity index (χ0n) is 12.1. The zero-order chi connectivity index (χ0) is 13.9. The van der Waals surface area contributed by atoms with Gasteiger partial charge >= 0.3 is 0 Å². The number of benzene rings is 1. The number of likely N-dealkylation sites (tertiary alicyclic amines) is 1.